The predicted octanol–water partition coefficient (Wildman–Crippen LogP) is 1.54. The van der Waals surface area contributed by atoms with Gasteiger partial charge in [0.25, 0.3) is 5.56 Å². The summed E-state index contributed by atoms with van der Waals surface area (Å²) in [6.07, 6.45) is 0. The first kappa shape index (κ1) is 12.1. The van der Waals surface area contributed by atoms with E-state index in [0.717, 1.165) is 5.56 Å². The van der Waals surface area contributed by atoms with E-state index in [0.29, 0.717) is 12.4 Å². The maximum absolute atomic E-state index is 12.7. The molecule has 6 heteroatoms. The Bertz CT molecular complexity index is 608. The molecule has 0 aliphatic heterocycles. The van der Waals surface area contributed by atoms with E-state index in [1.165, 1.54) is 12.1 Å². The van der Waals surface area contributed by atoms with Crippen molar-refractivity contribution in [1.29, 1.82) is 0 Å². The van der Waals surface area contributed by atoms with Crippen LogP contribution in [0.1, 0.15) is 11.4 Å². The molecule has 1 aromatic carbocycles. The molecule has 0 atom stereocenters. The molecule has 18 heavy (non-hydrogen) atoms. The Morgan fingerprint density at radius 3 is 2.67 bits per heavy atom. The van der Waals surface area contributed by atoms with Crippen molar-refractivity contribution in [2.75, 3.05) is 5.32 Å². The maximum Gasteiger partial charge on any atom is 0.278 e. The molecule has 2 aromatic rings. The van der Waals surface area contributed by atoms with Crippen molar-refractivity contribution in [2.24, 2.45) is 0 Å². The van der Waals surface area contributed by atoms with Crippen molar-refractivity contribution < 1.29 is 9.50 Å². The third kappa shape index (κ3) is 2.65. The van der Waals surface area contributed by atoms with Crippen LogP contribution in [0.4, 0.5) is 10.1 Å². The fraction of sp³-hybridized carbons (Fsp3) is 0.167. The lowest BCUT2D eigenvalue weighted by atomic mass is 10.2. The minimum Gasteiger partial charge on any atom is -0.492 e. The molecule has 0 radical (unpaired) electrons. The van der Waals surface area contributed by atoms with E-state index < -0.39 is 5.56 Å². The van der Waals surface area contributed by atoms with Gasteiger partial charge in [-0.15, -0.1) is 0 Å². The third-order valence-corrected chi connectivity index (χ3v) is 2.40. The van der Waals surface area contributed by atoms with E-state index >= 15 is 0 Å². The topological polar surface area (TPSA) is 78.0 Å². The Hall–Kier alpha value is -2.37. The highest BCUT2D eigenvalue weighted by molar-refractivity contribution is 5.50. The van der Waals surface area contributed by atoms with Crippen LogP contribution in [0.3, 0.4) is 0 Å². The van der Waals surface area contributed by atoms with Crippen LogP contribution < -0.4 is 10.9 Å². The van der Waals surface area contributed by atoms with Crippen LogP contribution >= 0.6 is 0 Å². The molecule has 0 bridgehead atoms. The van der Waals surface area contributed by atoms with Gasteiger partial charge >= 0.3 is 0 Å². The monoisotopic (exact) mass is 249 g/mol. The van der Waals surface area contributed by atoms with Crippen LogP contribution in [0, 0.1) is 12.7 Å². The van der Waals surface area contributed by atoms with Crippen LogP contribution in [0.25, 0.3) is 0 Å². The van der Waals surface area contributed by atoms with Crippen molar-refractivity contribution in [3.05, 3.63) is 51.8 Å². The molecule has 2 rings (SSSR count). The highest BCUT2D eigenvalue weighted by Gasteiger charge is 2.08. The molecule has 94 valence electrons. The summed E-state index contributed by atoms with van der Waals surface area (Å²) in [5, 5.41) is 12.3. The molecule has 0 amide bonds. The molecule has 1 aromatic heterocycles. The van der Waals surface area contributed by atoms with Crippen LogP contribution in [-0.2, 0) is 6.54 Å². The van der Waals surface area contributed by atoms with E-state index in [2.05, 4.69) is 15.3 Å². The molecule has 0 spiro atoms. The fourth-order valence-electron chi connectivity index (χ4n) is 1.52. The number of aromatic nitrogens is 2. The zero-order valence-corrected chi connectivity index (χ0v) is 9.70. The number of halogens is 1. The molecule has 0 saturated heterocycles. The number of aryl methyl sites for hydroxylation is 1. The summed E-state index contributed by atoms with van der Waals surface area (Å²) in [7, 11) is 0. The predicted molar refractivity (Wildman–Crippen MR) is 65.0 cm³/mol. The van der Waals surface area contributed by atoms with Crippen LogP contribution in [0.5, 0.6) is 5.88 Å². The van der Waals surface area contributed by atoms with Crippen molar-refractivity contribution in [3.8, 4) is 5.88 Å². The molecule has 0 saturated carbocycles. The SMILES string of the molecule is Cc1nc(O)c(NCc2ccc(F)cc2)c(=O)[nH]1. The Morgan fingerprint density at radius 2 is 2.06 bits per heavy atom. The number of nitrogens with one attached hydrogen (secondary N) is 2. The molecule has 1 heterocycles. The Balaban J connectivity index is 2.16. The second kappa shape index (κ2) is 4.87. The van der Waals surface area contributed by atoms with Gasteiger partial charge in [-0.05, 0) is 24.6 Å². The van der Waals surface area contributed by atoms with Gasteiger partial charge in [0.15, 0.2) is 5.69 Å². The number of nitrogens with zero attached hydrogens (tertiary/aromatic N) is 1. The van der Waals surface area contributed by atoms with Gasteiger partial charge < -0.3 is 15.4 Å². The molecular weight excluding hydrogens is 237 g/mol. The van der Waals surface area contributed by atoms with Gasteiger partial charge in [0.1, 0.15) is 11.6 Å². The van der Waals surface area contributed by atoms with Gasteiger partial charge in [-0.25, -0.2) is 4.39 Å². The first-order valence-corrected chi connectivity index (χ1v) is 5.34. The number of anilines is 1. The number of benzene rings is 1. The summed E-state index contributed by atoms with van der Waals surface area (Å²) in [6, 6.07) is 5.84. The maximum atomic E-state index is 12.7. The molecule has 5 nitrogen and oxygen atoms in total. The summed E-state index contributed by atoms with van der Waals surface area (Å²) in [4.78, 5) is 17.8. The van der Waals surface area contributed by atoms with E-state index in [1.807, 2.05) is 0 Å². The average Bonchev–Trinajstić information content (AvgIpc) is 2.30. The molecular formula is C12H12FN3O2. The number of hydrogen-bond acceptors (Lipinski definition) is 4. The van der Waals surface area contributed by atoms with Crippen molar-refractivity contribution in [1.82, 2.24) is 9.97 Å². The highest BCUT2D eigenvalue weighted by atomic mass is 19.1. The average molecular weight is 249 g/mol. The Kier molecular flexibility index (Phi) is 3.27. The number of aromatic hydroxyl groups is 1. The van der Waals surface area contributed by atoms with Gasteiger partial charge in [-0.3, -0.25) is 4.79 Å². The van der Waals surface area contributed by atoms with Gasteiger partial charge in [0.05, 0.1) is 0 Å². The fourth-order valence-corrected chi connectivity index (χ4v) is 1.52. The second-order valence-corrected chi connectivity index (χ2v) is 3.83. The molecule has 0 aliphatic carbocycles. The lowest BCUT2D eigenvalue weighted by Gasteiger charge is -2.07. The van der Waals surface area contributed by atoms with E-state index in [4.69, 9.17) is 0 Å². The second-order valence-electron chi connectivity index (χ2n) is 3.83. The summed E-state index contributed by atoms with van der Waals surface area (Å²) in [6.45, 7) is 1.87. The first-order chi connectivity index (χ1) is 8.56. The lowest BCUT2D eigenvalue weighted by Crippen LogP contribution is -2.16. The third-order valence-electron chi connectivity index (χ3n) is 2.40. The zero-order chi connectivity index (χ0) is 13.1. The number of aromatic amines is 1. The summed E-state index contributed by atoms with van der Waals surface area (Å²) >= 11 is 0. The van der Waals surface area contributed by atoms with Crippen molar-refractivity contribution in [3.63, 3.8) is 0 Å². The Morgan fingerprint density at radius 1 is 1.39 bits per heavy atom. The van der Waals surface area contributed by atoms with Gasteiger partial charge in [-0.1, -0.05) is 12.1 Å². The summed E-state index contributed by atoms with van der Waals surface area (Å²) in [5.41, 5.74) is 0.350. The lowest BCUT2D eigenvalue weighted by molar-refractivity contribution is 0.451. The minimum absolute atomic E-state index is 0.00456. The summed E-state index contributed by atoms with van der Waals surface area (Å²) < 4.78 is 12.7. The molecule has 0 aliphatic rings. The Labute approximate surface area is 102 Å². The molecule has 0 unspecified atom stereocenters. The normalized spacial score (nSPS) is 10.3. The smallest absolute Gasteiger partial charge is 0.278 e. The van der Waals surface area contributed by atoms with Gasteiger partial charge in [-0.2, -0.15) is 4.98 Å². The highest BCUT2D eigenvalue weighted by Crippen LogP contribution is 2.15. The summed E-state index contributed by atoms with van der Waals surface area (Å²) in [5.74, 6) is -0.334. The molecule has 0 fully saturated rings. The van der Waals surface area contributed by atoms with Gasteiger partial charge in [0, 0.05) is 6.54 Å². The molecule has 3 N–H and O–H groups in total. The van der Waals surface area contributed by atoms with Crippen LogP contribution in [-0.4, -0.2) is 15.1 Å². The quantitative estimate of drug-likeness (QED) is 0.771. The van der Waals surface area contributed by atoms with E-state index in [1.54, 1.807) is 19.1 Å². The zero-order valence-electron chi connectivity index (χ0n) is 9.70. The number of hydrogen-bond donors (Lipinski definition) is 3. The standard InChI is InChI=1S/C12H12FN3O2/c1-7-15-11(17)10(12(18)16-7)14-6-8-2-4-9(13)5-3-8/h2-5,14H,6H2,1H3,(H2,15,16,17,18). The van der Waals surface area contributed by atoms with Crippen molar-refractivity contribution >= 4 is 5.69 Å². The minimum atomic E-state index is -0.442. The van der Waals surface area contributed by atoms with E-state index in [-0.39, 0.29) is 17.4 Å². The number of rotatable bonds is 3. The van der Waals surface area contributed by atoms with Crippen molar-refractivity contribution in [2.45, 2.75) is 13.5 Å². The van der Waals surface area contributed by atoms with Gasteiger partial charge in [0.2, 0.25) is 5.88 Å². The first-order valence-electron chi connectivity index (χ1n) is 5.34. The van der Waals surface area contributed by atoms with E-state index in [9.17, 15) is 14.3 Å². The largest absolute Gasteiger partial charge is 0.492 e. The van der Waals surface area contributed by atoms with Crippen LogP contribution in [0.15, 0.2) is 29.1 Å². The number of H-pyrrole nitrogens is 1. The van der Waals surface area contributed by atoms with Crippen LogP contribution in [0.2, 0.25) is 0 Å².